The number of alkyl halides is 3. The van der Waals surface area contributed by atoms with Gasteiger partial charge >= 0.3 is 6.18 Å². The van der Waals surface area contributed by atoms with E-state index in [4.69, 9.17) is 0 Å². The highest BCUT2D eigenvalue weighted by molar-refractivity contribution is 5.80. The molecule has 6 heteroatoms. The lowest BCUT2D eigenvalue weighted by atomic mass is 10.4. The van der Waals surface area contributed by atoms with E-state index in [9.17, 15) is 18.0 Å². The SMILES string of the molecule is COC(C)C(=O)NCC(F)(F)F. The molecular formula is C6H10F3NO2. The minimum absolute atomic E-state index is 0.769. The lowest BCUT2D eigenvalue weighted by molar-refractivity contribution is -0.143. The number of nitrogens with one attached hydrogen (secondary N) is 1. The summed E-state index contributed by atoms with van der Waals surface area (Å²) in [7, 11) is 1.25. The summed E-state index contributed by atoms with van der Waals surface area (Å²) < 4.78 is 39.1. The first kappa shape index (κ1) is 11.2. The Morgan fingerprint density at radius 2 is 2.08 bits per heavy atom. The maximum absolute atomic E-state index is 11.5. The second-order valence-corrected chi connectivity index (χ2v) is 2.21. The Morgan fingerprint density at radius 3 is 2.42 bits per heavy atom. The van der Waals surface area contributed by atoms with Crippen LogP contribution < -0.4 is 5.32 Å². The summed E-state index contributed by atoms with van der Waals surface area (Å²) >= 11 is 0. The van der Waals surface area contributed by atoms with E-state index >= 15 is 0 Å². The van der Waals surface area contributed by atoms with Crippen LogP contribution in [0.15, 0.2) is 0 Å². The van der Waals surface area contributed by atoms with Crippen LogP contribution in [-0.2, 0) is 9.53 Å². The van der Waals surface area contributed by atoms with Crippen molar-refractivity contribution in [1.29, 1.82) is 0 Å². The molecule has 0 bridgehead atoms. The zero-order valence-electron chi connectivity index (χ0n) is 6.73. The van der Waals surface area contributed by atoms with Crippen molar-refractivity contribution in [2.24, 2.45) is 0 Å². The van der Waals surface area contributed by atoms with Gasteiger partial charge in [-0.15, -0.1) is 0 Å². The van der Waals surface area contributed by atoms with Crippen molar-refractivity contribution >= 4 is 5.91 Å². The Labute approximate surface area is 67.9 Å². The Kier molecular flexibility index (Phi) is 4.02. The van der Waals surface area contributed by atoms with Crippen molar-refractivity contribution in [3.05, 3.63) is 0 Å². The van der Waals surface area contributed by atoms with Crippen LogP contribution in [0, 0.1) is 0 Å². The lowest BCUT2D eigenvalue weighted by Crippen LogP contribution is -2.39. The highest BCUT2D eigenvalue weighted by Crippen LogP contribution is 2.12. The van der Waals surface area contributed by atoms with Crippen LogP contribution in [-0.4, -0.2) is 31.8 Å². The molecule has 0 radical (unpaired) electrons. The van der Waals surface area contributed by atoms with Crippen LogP contribution in [0.1, 0.15) is 6.92 Å². The third-order valence-corrected chi connectivity index (χ3v) is 1.19. The third-order valence-electron chi connectivity index (χ3n) is 1.19. The van der Waals surface area contributed by atoms with Gasteiger partial charge in [-0.1, -0.05) is 0 Å². The van der Waals surface area contributed by atoms with E-state index in [0.717, 1.165) is 0 Å². The fourth-order valence-corrected chi connectivity index (χ4v) is 0.438. The first-order valence-corrected chi connectivity index (χ1v) is 3.24. The van der Waals surface area contributed by atoms with Crippen molar-refractivity contribution in [3.8, 4) is 0 Å². The normalized spacial score (nSPS) is 14.1. The highest BCUT2D eigenvalue weighted by Gasteiger charge is 2.28. The molecule has 1 unspecified atom stereocenters. The number of hydrogen-bond acceptors (Lipinski definition) is 2. The van der Waals surface area contributed by atoms with Crippen LogP contribution in [0.5, 0.6) is 0 Å². The van der Waals surface area contributed by atoms with Crippen molar-refractivity contribution in [3.63, 3.8) is 0 Å². The summed E-state index contributed by atoms with van der Waals surface area (Å²) in [6, 6.07) is 0. The number of ether oxygens (including phenoxy) is 1. The van der Waals surface area contributed by atoms with Crippen LogP contribution in [0.25, 0.3) is 0 Å². The van der Waals surface area contributed by atoms with Crippen molar-refractivity contribution in [2.75, 3.05) is 13.7 Å². The smallest absolute Gasteiger partial charge is 0.372 e. The van der Waals surface area contributed by atoms with E-state index in [0.29, 0.717) is 0 Å². The predicted molar refractivity (Wildman–Crippen MR) is 35.5 cm³/mol. The molecule has 72 valence electrons. The second kappa shape index (κ2) is 4.30. The molecule has 0 aliphatic carbocycles. The number of rotatable bonds is 3. The molecule has 0 saturated carbocycles. The Morgan fingerprint density at radius 1 is 1.58 bits per heavy atom. The van der Waals surface area contributed by atoms with Gasteiger partial charge in [0.1, 0.15) is 12.6 Å². The van der Waals surface area contributed by atoms with Gasteiger partial charge < -0.3 is 10.1 Å². The predicted octanol–water partition coefficient (Wildman–Crippen LogP) is 0.700. The number of halogens is 3. The number of carbonyl (C=O) groups is 1. The molecule has 1 N–H and O–H groups in total. The van der Waals surface area contributed by atoms with Gasteiger partial charge in [0.15, 0.2) is 0 Å². The van der Waals surface area contributed by atoms with Crippen LogP contribution >= 0.6 is 0 Å². The third kappa shape index (κ3) is 4.95. The van der Waals surface area contributed by atoms with Gasteiger partial charge in [-0.05, 0) is 6.92 Å². The van der Waals surface area contributed by atoms with Gasteiger partial charge in [0.2, 0.25) is 5.91 Å². The fraction of sp³-hybridized carbons (Fsp3) is 0.833. The van der Waals surface area contributed by atoms with Crippen molar-refractivity contribution in [1.82, 2.24) is 5.32 Å². The highest BCUT2D eigenvalue weighted by atomic mass is 19.4. The molecule has 1 amide bonds. The maximum atomic E-state index is 11.5. The summed E-state index contributed by atoms with van der Waals surface area (Å²) in [4.78, 5) is 10.7. The van der Waals surface area contributed by atoms with Gasteiger partial charge in [-0.2, -0.15) is 13.2 Å². The molecule has 0 fully saturated rings. The van der Waals surface area contributed by atoms with E-state index in [1.54, 1.807) is 5.32 Å². The van der Waals surface area contributed by atoms with Gasteiger partial charge in [0.05, 0.1) is 0 Å². The fourth-order valence-electron chi connectivity index (χ4n) is 0.438. The zero-order chi connectivity index (χ0) is 9.78. The Balaban J connectivity index is 3.72. The van der Waals surface area contributed by atoms with E-state index in [-0.39, 0.29) is 0 Å². The first-order chi connectivity index (χ1) is 5.37. The van der Waals surface area contributed by atoms with Crippen LogP contribution in [0.4, 0.5) is 13.2 Å². The maximum Gasteiger partial charge on any atom is 0.405 e. The Bertz CT molecular complexity index is 157. The molecule has 0 spiro atoms. The minimum atomic E-state index is -4.37. The number of amides is 1. The summed E-state index contributed by atoms with van der Waals surface area (Å²) in [6.07, 6.45) is -5.23. The monoisotopic (exact) mass is 185 g/mol. The topological polar surface area (TPSA) is 38.3 Å². The molecule has 0 saturated heterocycles. The largest absolute Gasteiger partial charge is 0.405 e. The average Bonchev–Trinajstić information content (AvgIpc) is 1.97. The molecule has 0 aliphatic rings. The van der Waals surface area contributed by atoms with Gasteiger partial charge in [-0.25, -0.2) is 0 Å². The van der Waals surface area contributed by atoms with Gasteiger partial charge in [-0.3, -0.25) is 4.79 Å². The molecule has 0 heterocycles. The molecular weight excluding hydrogens is 175 g/mol. The molecule has 0 aromatic carbocycles. The molecule has 0 rings (SSSR count). The quantitative estimate of drug-likeness (QED) is 0.702. The molecule has 0 aliphatic heterocycles. The van der Waals surface area contributed by atoms with Gasteiger partial charge in [0.25, 0.3) is 0 Å². The van der Waals surface area contributed by atoms with E-state index < -0.39 is 24.7 Å². The number of carbonyl (C=O) groups excluding carboxylic acids is 1. The standard InChI is InChI=1S/C6H10F3NO2/c1-4(12-2)5(11)10-3-6(7,8)9/h4H,3H2,1-2H3,(H,10,11). The van der Waals surface area contributed by atoms with E-state index in [2.05, 4.69) is 4.74 Å². The first-order valence-electron chi connectivity index (χ1n) is 3.24. The lowest BCUT2D eigenvalue weighted by Gasteiger charge is -2.11. The summed E-state index contributed by atoms with van der Waals surface area (Å²) in [6.45, 7) is 0.0469. The molecule has 0 aromatic heterocycles. The molecule has 1 atom stereocenters. The summed E-state index contributed by atoms with van der Waals surface area (Å²) in [5.74, 6) is -0.769. The van der Waals surface area contributed by atoms with E-state index in [1.807, 2.05) is 0 Å². The summed E-state index contributed by atoms with van der Waals surface area (Å²) in [5.41, 5.74) is 0. The zero-order valence-corrected chi connectivity index (χ0v) is 6.73. The Hall–Kier alpha value is -0.780. The van der Waals surface area contributed by atoms with Crippen LogP contribution in [0.2, 0.25) is 0 Å². The van der Waals surface area contributed by atoms with Crippen molar-refractivity contribution in [2.45, 2.75) is 19.2 Å². The average molecular weight is 185 g/mol. The number of methoxy groups -OCH3 is 1. The van der Waals surface area contributed by atoms with Crippen LogP contribution in [0.3, 0.4) is 0 Å². The summed E-state index contributed by atoms with van der Waals surface area (Å²) in [5, 5.41) is 1.68. The molecule has 3 nitrogen and oxygen atoms in total. The van der Waals surface area contributed by atoms with Gasteiger partial charge in [0, 0.05) is 7.11 Å². The van der Waals surface area contributed by atoms with E-state index in [1.165, 1.54) is 14.0 Å². The molecule has 12 heavy (non-hydrogen) atoms. The van der Waals surface area contributed by atoms with Crippen molar-refractivity contribution < 1.29 is 22.7 Å². The number of hydrogen-bond donors (Lipinski definition) is 1. The molecule has 0 aromatic rings. The second-order valence-electron chi connectivity index (χ2n) is 2.21. The minimum Gasteiger partial charge on any atom is -0.372 e.